The number of nitrogens with one attached hydrogen (secondary N) is 1. The van der Waals surface area contributed by atoms with E-state index in [1.807, 2.05) is 0 Å². The molecule has 0 aromatic heterocycles. The highest BCUT2D eigenvalue weighted by Crippen LogP contribution is 2.28. The molecule has 0 aliphatic heterocycles. The Labute approximate surface area is 122 Å². The number of aromatic hydroxyl groups is 1. The van der Waals surface area contributed by atoms with Crippen molar-refractivity contribution in [2.24, 2.45) is 0 Å². The zero-order valence-electron chi connectivity index (χ0n) is 10.1. The van der Waals surface area contributed by atoms with E-state index in [2.05, 4.69) is 21.2 Å². The maximum atomic E-state index is 13.2. The first-order valence-corrected chi connectivity index (χ1v) is 6.42. The molecule has 0 saturated heterocycles. The van der Waals surface area contributed by atoms with Gasteiger partial charge in [-0.15, -0.1) is 0 Å². The maximum Gasteiger partial charge on any atom is 0.283 e. The molecule has 0 unspecified atom stereocenters. The lowest BCUT2D eigenvalue weighted by molar-refractivity contribution is -0.385. The van der Waals surface area contributed by atoms with Crippen molar-refractivity contribution in [2.45, 2.75) is 6.54 Å². The van der Waals surface area contributed by atoms with Gasteiger partial charge in [-0.25, -0.2) is 4.39 Å². The first-order chi connectivity index (χ1) is 9.49. The quantitative estimate of drug-likeness (QED) is 0.655. The molecule has 0 radical (unpaired) electrons. The van der Waals surface area contributed by atoms with Crippen LogP contribution in [0.5, 0.6) is 5.75 Å². The van der Waals surface area contributed by atoms with E-state index in [1.165, 1.54) is 18.2 Å². The number of nitro benzene ring substituents is 1. The second-order valence-corrected chi connectivity index (χ2v) is 4.88. The van der Waals surface area contributed by atoms with Crippen LogP contribution in [0.3, 0.4) is 0 Å². The van der Waals surface area contributed by atoms with Gasteiger partial charge >= 0.3 is 0 Å². The molecule has 2 N–H and O–H groups in total. The minimum atomic E-state index is -0.686. The zero-order valence-corrected chi connectivity index (χ0v) is 11.7. The molecule has 0 amide bonds. The van der Waals surface area contributed by atoms with Crippen molar-refractivity contribution in [1.29, 1.82) is 0 Å². The summed E-state index contributed by atoms with van der Waals surface area (Å²) in [5.74, 6) is -1.09. The molecule has 0 fully saturated rings. The Balaban J connectivity index is 2.13. The van der Waals surface area contributed by atoms with Crippen molar-refractivity contribution in [2.75, 3.05) is 5.32 Å². The van der Waals surface area contributed by atoms with Gasteiger partial charge in [0.15, 0.2) is 11.6 Å². The van der Waals surface area contributed by atoms with Gasteiger partial charge in [-0.05, 0) is 34.1 Å². The Hall–Kier alpha value is -2.15. The standard InChI is InChI=1S/C13H10BrFN2O3/c14-10-6-9(4-5-12(10)17(19)20)16-7-8-2-1-3-11(15)13(8)18/h1-6,16,18H,7H2. The van der Waals surface area contributed by atoms with E-state index in [9.17, 15) is 19.6 Å². The first-order valence-electron chi connectivity index (χ1n) is 5.63. The molecule has 0 bridgehead atoms. The number of phenols is 1. The lowest BCUT2D eigenvalue weighted by Crippen LogP contribution is -2.01. The summed E-state index contributed by atoms with van der Waals surface area (Å²) >= 11 is 3.11. The molecule has 2 rings (SSSR count). The van der Waals surface area contributed by atoms with Gasteiger partial charge in [-0.2, -0.15) is 0 Å². The van der Waals surface area contributed by atoms with Crippen LogP contribution in [0.1, 0.15) is 5.56 Å². The smallest absolute Gasteiger partial charge is 0.283 e. The molecule has 0 aliphatic carbocycles. The monoisotopic (exact) mass is 340 g/mol. The Morgan fingerprint density at radius 1 is 1.35 bits per heavy atom. The molecular formula is C13H10BrFN2O3. The predicted molar refractivity (Wildman–Crippen MR) is 76.2 cm³/mol. The van der Waals surface area contributed by atoms with Crippen LogP contribution in [0.15, 0.2) is 40.9 Å². The molecule has 2 aromatic rings. The van der Waals surface area contributed by atoms with Gasteiger partial charge in [0, 0.05) is 23.9 Å². The van der Waals surface area contributed by atoms with E-state index < -0.39 is 16.5 Å². The number of rotatable bonds is 4. The van der Waals surface area contributed by atoms with Crippen molar-refractivity contribution in [3.63, 3.8) is 0 Å². The van der Waals surface area contributed by atoms with Gasteiger partial charge in [-0.3, -0.25) is 10.1 Å². The van der Waals surface area contributed by atoms with Crippen LogP contribution >= 0.6 is 15.9 Å². The number of para-hydroxylation sites is 1. The highest BCUT2D eigenvalue weighted by molar-refractivity contribution is 9.10. The van der Waals surface area contributed by atoms with Gasteiger partial charge in [0.2, 0.25) is 0 Å². The number of benzene rings is 2. The van der Waals surface area contributed by atoms with E-state index in [0.717, 1.165) is 0 Å². The third kappa shape index (κ3) is 3.05. The molecule has 0 spiro atoms. The highest BCUT2D eigenvalue weighted by atomic mass is 79.9. The van der Waals surface area contributed by atoms with Crippen LogP contribution < -0.4 is 5.32 Å². The molecule has 104 valence electrons. The largest absolute Gasteiger partial charge is 0.505 e. The van der Waals surface area contributed by atoms with Crippen molar-refractivity contribution >= 4 is 27.3 Å². The van der Waals surface area contributed by atoms with Crippen LogP contribution in [-0.4, -0.2) is 10.0 Å². The van der Waals surface area contributed by atoms with E-state index in [0.29, 0.717) is 15.7 Å². The molecule has 2 aromatic carbocycles. The number of phenolic OH excluding ortho intramolecular Hbond substituents is 1. The second-order valence-electron chi connectivity index (χ2n) is 4.02. The lowest BCUT2D eigenvalue weighted by atomic mass is 10.2. The normalized spacial score (nSPS) is 10.3. The van der Waals surface area contributed by atoms with Gasteiger partial charge in [0.05, 0.1) is 9.40 Å². The van der Waals surface area contributed by atoms with E-state index in [4.69, 9.17) is 0 Å². The number of hydrogen-bond acceptors (Lipinski definition) is 4. The molecule has 20 heavy (non-hydrogen) atoms. The molecule has 0 heterocycles. The molecule has 7 heteroatoms. The van der Waals surface area contributed by atoms with Crippen LogP contribution in [0.4, 0.5) is 15.8 Å². The maximum absolute atomic E-state index is 13.2. The lowest BCUT2D eigenvalue weighted by Gasteiger charge is -2.09. The number of anilines is 1. The number of nitro groups is 1. The summed E-state index contributed by atoms with van der Waals surface area (Å²) in [5, 5.41) is 23.2. The van der Waals surface area contributed by atoms with Crippen LogP contribution in [-0.2, 0) is 6.54 Å². The summed E-state index contributed by atoms with van der Waals surface area (Å²) in [7, 11) is 0. The van der Waals surface area contributed by atoms with E-state index in [1.54, 1.807) is 18.2 Å². The summed E-state index contributed by atoms with van der Waals surface area (Å²) < 4.78 is 13.5. The molecular weight excluding hydrogens is 331 g/mol. The molecule has 5 nitrogen and oxygen atoms in total. The van der Waals surface area contributed by atoms with Crippen molar-refractivity contribution in [3.8, 4) is 5.75 Å². The fourth-order valence-electron chi connectivity index (χ4n) is 1.66. The van der Waals surface area contributed by atoms with Gasteiger partial charge < -0.3 is 10.4 Å². The Kier molecular flexibility index (Phi) is 4.19. The second kappa shape index (κ2) is 5.87. The minimum Gasteiger partial charge on any atom is -0.505 e. The third-order valence-corrected chi connectivity index (χ3v) is 3.33. The fraction of sp³-hybridized carbons (Fsp3) is 0.0769. The fourth-order valence-corrected chi connectivity index (χ4v) is 2.19. The number of halogens is 2. The summed E-state index contributed by atoms with van der Waals surface area (Å²) in [6.07, 6.45) is 0. The first kappa shape index (κ1) is 14.3. The summed E-state index contributed by atoms with van der Waals surface area (Å²) in [4.78, 5) is 10.2. The van der Waals surface area contributed by atoms with Gasteiger partial charge in [0.1, 0.15) is 0 Å². The van der Waals surface area contributed by atoms with Crippen molar-refractivity contribution < 1.29 is 14.4 Å². The van der Waals surface area contributed by atoms with Crippen LogP contribution in [0.2, 0.25) is 0 Å². The Morgan fingerprint density at radius 3 is 2.75 bits per heavy atom. The van der Waals surface area contributed by atoms with Crippen LogP contribution in [0, 0.1) is 15.9 Å². The average Bonchev–Trinajstić information content (AvgIpc) is 2.40. The number of nitrogens with zero attached hydrogens (tertiary/aromatic N) is 1. The SMILES string of the molecule is O=[N+]([O-])c1ccc(NCc2cccc(F)c2O)cc1Br. The third-order valence-electron chi connectivity index (χ3n) is 2.70. The summed E-state index contributed by atoms with van der Waals surface area (Å²) in [5.41, 5.74) is 0.981. The summed E-state index contributed by atoms with van der Waals surface area (Å²) in [6, 6.07) is 8.70. The van der Waals surface area contributed by atoms with Crippen LogP contribution in [0.25, 0.3) is 0 Å². The zero-order chi connectivity index (χ0) is 14.7. The highest BCUT2D eigenvalue weighted by Gasteiger charge is 2.12. The van der Waals surface area contributed by atoms with Crippen molar-refractivity contribution in [3.05, 3.63) is 62.4 Å². The minimum absolute atomic E-state index is 0.0378. The number of hydrogen-bond donors (Lipinski definition) is 2. The Bertz CT molecular complexity index is 664. The predicted octanol–water partition coefficient (Wildman–Crippen LogP) is 3.81. The average molecular weight is 341 g/mol. The van der Waals surface area contributed by atoms with Gasteiger partial charge in [0.25, 0.3) is 5.69 Å². The Morgan fingerprint density at radius 2 is 2.10 bits per heavy atom. The topological polar surface area (TPSA) is 75.4 Å². The van der Waals surface area contributed by atoms with Crippen molar-refractivity contribution in [1.82, 2.24) is 0 Å². The van der Waals surface area contributed by atoms with Gasteiger partial charge in [-0.1, -0.05) is 12.1 Å². The molecule has 0 aliphatic rings. The van der Waals surface area contributed by atoms with E-state index in [-0.39, 0.29) is 12.2 Å². The molecule has 0 saturated carbocycles. The van der Waals surface area contributed by atoms with E-state index >= 15 is 0 Å². The summed E-state index contributed by atoms with van der Waals surface area (Å²) in [6.45, 7) is 0.202. The molecule has 0 atom stereocenters.